The van der Waals surface area contributed by atoms with Gasteiger partial charge >= 0.3 is 0 Å². The van der Waals surface area contributed by atoms with Gasteiger partial charge in [-0.1, -0.05) is 31.2 Å². The van der Waals surface area contributed by atoms with Crippen molar-refractivity contribution < 1.29 is 5.11 Å². The molecule has 3 nitrogen and oxygen atoms in total. The number of rotatable bonds is 6. The minimum absolute atomic E-state index is 0.0997. The predicted molar refractivity (Wildman–Crippen MR) is 74.4 cm³/mol. The molecule has 1 heterocycles. The van der Waals surface area contributed by atoms with Crippen LogP contribution in [0.4, 0.5) is 0 Å². The van der Waals surface area contributed by atoms with E-state index in [4.69, 9.17) is 5.11 Å². The molecule has 2 N–H and O–H groups in total. The van der Waals surface area contributed by atoms with Gasteiger partial charge in [0.15, 0.2) is 0 Å². The molecule has 0 saturated carbocycles. The summed E-state index contributed by atoms with van der Waals surface area (Å²) in [5, 5.41) is 13.7. The number of aliphatic hydroxyl groups is 1. The van der Waals surface area contributed by atoms with Crippen LogP contribution in [0.5, 0.6) is 0 Å². The Hall–Kier alpha value is -1.23. The number of aliphatic hydroxyl groups excluding tert-OH is 1. The standard InChI is InChI=1S/C14H18N2OS/c1-2-14-16-9-13(18-14)8-15-7-11-4-3-5-12(6-11)10-17/h3-6,9,15,17H,2,7-8,10H2,1H3. The summed E-state index contributed by atoms with van der Waals surface area (Å²) in [6.07, 6.45) is 2.95. The number of nitrogens with zero attached hydrogens (tertiary/aromatic N) is 1. The molecule has 0 fully saturated rings. The zero-order valence-electron chi connectivity index (χ0n) is 10.5. The smallest absolute Gasteiger partial charge is 0.0925 e. The van der Waals surface area contributed by atoms with Crippen LogP contribution in [0, 0.1) is 0 Å². The molecule has 2 rings (SSSR count). The number of thiazole rings is 1. The summed E-state index contributed by atoms with van der Waals surface area (Å²) in [6, 6.07) is 8.00. The Bertz CT molecular complexity index is 496. The van der Waals surface area contributed by atoms with Crippen molar-refractivity contribution in [2.75, 3.05) is 0 Å². The van der Waals surface area contributed by atoms with Crippen LogP contribution in [-0.4, -0.2) is 10.1 Å². The predicted octanol–water partition coefficient (Wildman–Crippen LogP) is 2.49. The third-order valence-corrected chi connectivity index (χ3v) is 3.85. The molecule has 0 aliphatic carbocycles. The summed E-state index contributed by atoms with van der Waals surface area (Å²) >= 11 is 1.76. The average Bonchev–Trinajstić information content (AvgIpc) is 2.87. The van der Waals surface area contributed by atoms with Crippen molar-refractivity contribution in [2.45, 2.75) is 33.0 Å². The van der Waals surface area contributed by atoms with Crippen molar-refractivity contribution in [1.29, 1.82) is 0 Å². The van der Waals surface area contributed by atoms with Crippen LogP contribution >= 0.6 is 11.3 Å². The number of benzene rings is 1. The van der Waals surface area contributed by atoms with E-state index >= 15 is 0 Å². The van der Waals surface area contributed by atoms with Gasteiger partial charge in [-0.3, -0.25) is 0 Å². The molecular weight excluding hydrogens is 244 g/mol. The molecule has 18 heavy (non-hydrogen) atoms. The molecule has 96 valence electrons. The fourth-order valence-electron chi connectivity index (χ4n) is 1.76. The Morgan fingerprint density at radius 2 is 2.11 bits per heavy atom. The first-order chi connectivity index (χ1) is 8.81. The minimum Gasteiger partial charge on any atom is -0.392 e. The first-order valence-corrected chi connectivity index (χ1v) is 6.96. The molecule has 0 radical (unpaired) electrons. The van der Waals surface area contributed by atoms with Crippen LogP contribution in [0.25, 0.3) is 0 Å². The second kappa shape index (κ2) is 6.64. The van der Waals surface area contributed by atoms with Gasteiger partial charge in [-0.05, 0) is 17.5 Å². The number of hydrogen-bond acceptors (Lipinski definition) is 4. The number of aromatic nitrogens is 1. The van der Waals surface area contributed by atoms with E-state index in [1.54, 1.807) is 11.3 Å². The van der Waals surface area contributed by atoms with Gasteiger partial charge in [-0.15, -0.1) is 11.3 Å². The third-order valence-electron chi connectivity index (χ3n) is 2.71. The van der Waals surface area contributed by atoms with Gasteiger partial charge in [0.2, 0.25) is 0 Å². The molecule has 4 heteroatoms. The topological polar surface area (TPSA) is 45.2 Å². The summed E-state index contributed by atoms with van der Waals surface area (Å²) in [5.74, 6) is 0. The lowest BCUT2D eigenvalue weighted by molar-refractivity contribution is 0.281. The summed E-state index contributed by atoms with van der Waals surface area (Å²) in [5.41, 5.74) is 2.15. The molecule has 0 aliphatic heterocycles. The second-order valence-corrected chi connectivity index (χ2v) is 5.36. The highest BCUT2D eigenvalue weighted by Crippen LogP contribution is 2.13. The van der Waals surface area contributed by atoms with Crippen LogP contribution in [0.15, 0.2) is 30.5 Å². The van der Waals surface area contributed by atoms with E-state index in [0.29, 0.717) is 0 Å². The number of nitrogens with one attached hydrogen (secondary N) is 1. The van der Waals surface area contributed by atoms with E-state index in [0.717, 1.165) is 25.1 Å². The Kier molecular flexibility index (Phi) is 4.87. The monoisotopic (exact) mass is 262 g/mol. The maximum absolute atomic E-state index is 9.07. The first-order valence-electron chi connectivity index (χ1n) is 6.14. The van der Waals surface area contributed by atoms with E-state index in [1.165, 1.54) is 15.4 Å². The van der Waals surface area contributed by atoms with Crippen molar-refractivity contribution in [3.05, 3.63) is 51.5 Å². The highest BCUT2D eigenvalue weighted by molar-refractivity contribution is 7.11. The molecule has 0 aliphatic rings. The first kappa shape index (κ1) is 13.2. The zero-order chi connectivity index (χ0) is 12.8. The Morgan fingerprint density at radius 3 is 2.83 bits per heavy atom. The Labute approximate surface area is 112 Å². The molecule has 2 aromatic rings. The lowest BCUT2D eigenvalue weighted by Crippen LogP contribution is -2.11. The van der Waals surface area contributed by atoms with Gasteiger partial charge in [0, 0.05) is 24.2 Å². The van der Waals surface area contributed by atoms with Gasteiger partial charge in [0.05, 0.1) is 11.6 Å². The van der Waals surface area contributed by atoms with Gasteiger partial charge in [0.1, 0.15) is 0 Å². The van der Waals surface area contributed by atoms with Crippen LogP contribution in [0.3, 0.4) is 0 Å². The SMILES string of the molecule is CCc1ncc(CNCc2cccc(CO)c2)s1. The quantitative estimate of drug-likeness (QED) is 0.840. The van der Waals surface area contributed by atoms with Gasteiger partial charge in [-0.2, -0.15) is 0 Å². The van der Waals surface area contributed by atoms with E-state index in [-0.39, 0.29) is 6.61 Å². The summed E-state index contributed by atoms with van der Waals surface area (Å²) in [4.78, 5) is 5.60. The number of hydrogen-bond donors (Lipinski definition) is 2. The highest BCUT2D eigenvalue weighted by Gasteiger charge is 2.00. The van der Waals surface area contributed by atoms with E-state index in [9.17, 15) is 0 Å². The highest BCUT2D eigenvalue weighted by atomic mass is 32.1. The normalized spacial score (nSPS) is 10.8. The Balaban J connectivity index is 1.84. The molecule has 0 atom stereocenters. The second-order valence-electron chi connectivity index (χ2n) is 4.16. The molecule has 1 aromatic heterocycles. The van der Waals surface area contributed by atoms with Gasteiger partial charge in [-0.25, -0.2) is 4.98 Å². The molecular formula is C14H18N2OS. The summed E-state index contributed by atoms with van der Waals surface area (Å²) in [6.45, 7) is 3.88. The lowest BCUT2D eigenvalue weighted by Gasteiger charge is -2.04. The van der Waals surface area contributed by atoms with E-state index < -0.39 is 0 Å². The minimum atomic E-state index is 0.0997. The van der Waals surface area contributed by atoms with Crippen molar-refractivity contribution in [3.8, 4) is 0 Å². The van der Waals surface area contributed by atoms with Crippen LogP contribution in [0.2, 0.25) is 0 Å². The third kappa shape index (κ3) is 3.63. The van der Waals surface area contributed by atoms with Crippen LogP contribution < -0.4 is 5.32 Å². The van der Waals surface area contributed by atoms with Crippen LogP contribution in [-0.2, 0) is 26.1 Å². The number of aryl methyl sites for hydroxylation is 1. The largest absolute Gasteiger partial charge is 0.392 e. The zero-order valence-corrected chi connectivity index (χ0v) is 11.3. The van der Waals surface area contributed by atoms with Crippen molar-refractivity contribution in [1.82, 2.24) is 10.3 Å². The maximum Gasteiger partial charge on any atom is 0.0925 e. The van der Waals surface area contributed by atoms with E-state index in [1.807, 2.05) is 24.4 Å². The molecule has 1 aromatic carbocycles. The fourth-order valence-corrected chi connectivity index (χ4v) is 2.59. The maximum atomic E-state index is 9.07. The van der Waals surface area contributed by atoms with E-state index in [2.05, 4.69) is 23.3 Å². The Morgan fingerprint density at radius 1 is 1.28 bits per heavy atom. The lowest BCUT2D eigenvalue weighted by atomic mass is 10.1. The molecule has 0 spiro atoms. The molecule has 0 bridgehead atoms. The summed E-state index contributed by atoms with van der Waals surface area (Å²) < 4.78 is 0. The molecule has 0 saturated heterocycles. The van der Waals surface area contributed by atoms with Crippen LogP contribution in [0.1, 0.15) is 27.9 Å². The fraction of sp³-hybridized carbons (Fsp3) is 0.357. The van der Waals surface area contributed by atoms with Crippen molar-refractivity contribution >= 4 is 11.3 Å². The molecule has 0 amide bonds. The van der Waals surface area contributed by atoms with Gasteiger partial charge < -0.3 is 10.4 Å². The summed E-state index contributed by atoms with van der Waals surface area (Å²) in [7, 11) is 0. The van der Waals surface area contributed by atoms with Crippen molar-refractivity contribution in [3.63, 3.8) is 0 Å². The molecule has 0 unspecified atom stereocenters. The van der Waals surface area contributed by atoms with Crippen molar-refractivity contribution in [2.24, 2.45) is 0 Å². The average molecular weight is 262 g/mol. The van der Waals surface area contributed by atoms with Gasteiger partial charge in [0.25, 0.3) is 0 Å².